The molecule has 6 aromatic heterocycles. The molecule has 0 bridgehead atoms. The van der Waals surface area contributed by atoms with E-state index in [0.29, 0.717) is 35.0 Å². The number of aliphatic carboxylic acids is 1. The van der Waals surface area contributed by atoms with Gasteiger partial charge in [-0.2, -0.15) is 13.2 Å². The SMILES string of the molecule is CN(C)CCCNC(=O)CNC(=O)c1cc(NC(=O)c2cc(NC(=O)c3cc(NC(=O)CCNC(=O)c4cc(NC(=O)c5cc(NC(=O)c6nccn6C)cn5C)cn4C)cn3C)cn2C)cn1C.O=C(O)C(F)(F)F. The number of amides is 8. The van der Waals surface area contributed by atoms with Gasteiger partial charge in [-0.3, -0.25) is 38.4 Å². The Bertz CT molecular complexity index is 3150. The monoisotopic (exact) mass is 1060 g/mol. The van der Waals surface area contributed by atoms with Crippen LogP contribution in [0.3, 0.4) is 0 Å². The number of anilines is 5. The van der Waals surface area contributed by atoms with Crippen LogP contribution in [0, 0.1) is 0 Å². The third-order valence-corrected chi connectivity index (χ3v) is 10.9. The van der Waals surface area contributed by atoms with Gasteiger partial charge in [0.15, 0.2) is 5.82 Å². The van der Waals surface area contributed by atoms with Crippen molar-refractivity contribution in [2.75, 3.05) is 66.9 Å². The van der Waals surface area contributed by atoms with Gasteiger partial charge in [0.1, 0.15) is 28.5 Å². The van der Waals surface area contributed by atoms with E-state index in [1.807, 2.05) is 19.0 Å². The van der Waals surface area contributed by atoms with Gasteiger partial charge in [0.2, 0.25) is 11.8 Å². The summed E-state index contributed by atoms with van der Waals surface area (Å²) < 4.78 is 41.0. The Morgan fingerprint density at radius 2 is 0.882 bits per heavy atom. The quantitative estimate of drug-likeness (QED) is 0.0498. The van der Waals surface area contributed by atoms with E-state index in [2.05, 4.69) is 47.5 Å². The first-order valence-electron chi connectivity index (χ1n) is 22.8. The lowest BCUT2D eigenvalue weighted by Gasteiger charge is -2.10. The van der Waals surface area contributed by atoms with Gasteiger partial charge in [0.25, 0.3) is 35.4 Å². The highest BCUT2D eigenvalue weighted by atomic mass is 19.4. The summed E-state index contributed by atoms with van der Waals surface area (Å²) in [7, 11) is 13.8. The van der Waals surface area contributed by atoms with Crippen LogP contribution in [-0.2, 0) is 56.7 Å². The zero-order valence-electron chi connectivity index (χ0n) is 42.5. The van der Waals surface area contributed by atoms with E-state index >= 15 is 0 Å². The van der Waals surface area contributed by atoms with Crippen LogP contribution < -0.4 is 42.5 Å². The van der Waals surface area contributed by atoms with Crippen molar-refractivity contribution in [3.8, 4) is 0 Å². The molecule has 0 spiro atoms. The molecule has 0 unspecified atom stereocenters. The maximum atomic E-state index is 13.3. The Kier molecular flexibility index (Phi) is 18.9. The number of hydrogen-bond donors (Lipinski definition) is 9. The third kappa shape index (κ3) is 15.8. The summed E-state index contributed by atoms with van der Waals surface area (Å²) in [6.45, 7) is 1.09. The standard InChI is InChI=1S/C45H56N16O8.C2HF3O2/c1-55(2)14-9-11-46-38(63)21-49-41(65)33-18-29(24-58(33)5)52-43(67)35-19-30(25-60(35)7)53-42(66)34-16-27(22-59(34)6)50-37(62)10-12-48-40(64)32-17-28(23-57(32)4)51-44(68)36-20-31(26-61(36)8)54-45(69)39-47-13-15-56(39)3;3-2(4,5)1(6)7/h13,15-20,22-26H,9-12,14,21H2,1-8H3,(H,46,63)(H,48,64)(H,49,65)(H,50,62)(H,51,68)(H,52,67)(H,53,66)(H,54,69);(H,6,7). The number of rotatable bonds is 20. The molecule has 0 fully saturated rings. The second-order valence-corrected chi connectivity index (χ2v) is 17.3. The predicted octanol–water partition coefficient (Wildman–Crippen LogP) is 2.31. The van der Waals surface area contributed by atoms with E-state index in [4.69, 9.17) is 9.90 Å². The summed E-state index contributed by atoms with van der Waals surface area (Å²) in [6.07, 6.45) is 6.58. The van der Waals surface area contributed by atoms with Crippen LogP contribution in [0.2, 0.25) is 0 Å². The number of carbonyl (C=O) groups excluding carboxylic acids is 8. The van der Waals surface area contributed by atoms with Crippen molar-refractivity contribution in [2.24, 2.45) is 42.3 Å². The van der Waals surface area contributed by atoms with Crippen LogP contribution in [0.4, 0.5) is 41.6 Å². The number of halogens is 3. The van der Waals surface area contributed by atoms with Crippen molar-refractivity contribution in [3.63, 3.8) is 0 Å². The van der Waals surface area contributed by atoms with E-state index in [9.17, 15) is 51.5 Å². The molecule has 0 aromatic carbocycles. The smallest absolute Gasteiger partial charge is 0.475 e. The molecule has 406 valence electrons. The van der Waals surface area contributed by atoms with Gasteiger partial charge in [-0.05, 0) is 57.4 Å². The number of nitrogens with one attached hydrogen (secondary N) is 8. The van der Waals surface area contributed by atoms with Gasteiger partial charge >= 0.3 is 12.1 Å². The number of hydrogen-bond acceptors (Lipinski definition) is 11. The highest BCUT2D eigenvalue weighted by molar-refractivity contribution is 6.09. The van der Waals surface area contributed by atoms with Crippen LogP contribution in [0.25, 0.3) is 0 Å². The number of nitrogens with zero attached hydrogens (tertiary/aromatic N) is 8. The second-order valence-electron chi connectivity index (χ2n) is 17.3. The Balaban J connectivity index is 0.00000142. The molecular weight excluding hydrogens is 1010 g/mol. The van der Waals surface area contributed by atoms with Gasteiger partial charge in [-0.15, -0.1) is 0 Å². The summed E-state index contributed by atoms with van der Waals surface area (Å²) in [4.78, 5) is 118. The average molecular weight is 1060 g/mol. The van der Waals surface area contributed by atoms with Gasteiger partial charge in [0.05, 0.1) is 35.0 Å². The van der Waals surface area contributed by atoms with Crippen molar-refractivity contribution >= 4 is 81.7 Å². The molecule has 26 nitrogen and oxygen atoms in total. The molecule has 0 aliphatic heterocycles. The molecule has 0 radical (unpaired) electrons. The number of alkyl halides is 3. The Morgan fingerprint density at radius 1 is 0.513 bits per heavy atom. The van der Waals surface area contributed by atoms with Gasteiger partial charge in [-0.1, -0.05) is 0 Å². The largest absolute Gasteiger partial charge is 0.490 e. The van der Waals surface area contributed by atoms with E-state index in [0.717, 1.165) is 13.0 Å². The maximum Gasteiger partial charge on any atom is 0.490 e. The lowest BCUT2D eigenvalue weighted by molar-refractivity contribution is -0.192. The molecule has 0 saturated heterocycles. The van der Waals surface area contributed by atoms with Crippen LogP contribution in [0.5, 0.6) is 0 Å². The fraction of sp³-hybridized carbons (Fsp3) is 0.319. The molecule has 0 saturated carbocycles. The number of aryl methyl sites for hydroxylation is 6. The molecule has 6 aromatic rings. The minimum atomic E-state index is -5.08. The number of carboxylic acid groups (broad SMARTS) is 1. The zero-order chi connectivity index (χ0) is 56.2. The summed E-state index contributed by atoms with van der Waals surface area (Å²) >= 11 is 0. The zero-order valence-corrected chi connectivity index (χ0v) is 42.5. The minimum Gasteiger partial charge on any atom is -0.475 e. The summed E-state index contributed by atoms with van der Waals surface area (Å²) in [5.74, 6) is -6.19. The Labute approximate surface area is 431 Å². The summed E-state index contributed by atoms with van der Waals surface area (Å²) in [5, 5.41) is 28.9. The Hall–Kier alpha value is -9.41. The van der Waals surface area contributed by atoms with E-state index in [1.54, 1.807) is 88.6 Å². The number of carbonyl (C=O) groups is 9. The fourth-order valence-electron chi connectivity index (χ4n) is 7.19. The lowest BCUT2D eigenvalue weighted by Crippen LogP contribution is -2.38. The Morgan fingerprint density at radius 3 is 1.25 bits per heavy atom. The summed E-state index contributed by atoms with van der Waals surface area (Å²) in [6, 6.07) is 7.47. The lowest BCUT2D eigenvalue weighted by atomic mass is 10.3. The van der Waals surface area contributed by atoms with Crippen molar-refractivity contribution < 1.29 is 61.4 Å². The molecule has 29 heteroatoms. The molecule has 0 atom stereocenters. The van der Waals surface area contributed by atoms with Crippen LogP contribution in [0.1, 0.15) is 75.9 Å². The van der Waals surface area contributed by atoms with Crippen molar-refractivity contribution in [3.05, 3.63) is 108 Å². The summed E-state index contributed by atoms with van der Waals surface area (Å²) in [5.41, 5.74) is 2.86. The molecule has 9 N–H and O–H groups in total. The highest BCUT2D eigenvalue weighted by Crippen LogP contribution is 2.21. The van der Waals surface area contributed by atoms with Gasteiger partial charge in [0, 0.05) is 105 Å². The number of carboxylic acids is 1. The predicted molar refractivity (Wildman–Crippen MR) is 270 cm³/mol. The maximum absolute atomic E-state index is 13.3. The topological polar surface area (TPSA) is 316 Å². The van der Waals surface area contributed by atoms with Crippen molar-refractivity contribution in [1.29, 1.82) is 0 Å². The van der Waals surface area contributed by atoms with E-state index in [-0.39, 0.29) is 59.7 Å². The fourth-order valence-corrected chi connectivity index (χ4v) is 7.19. The molecule has 6 rings (SSSR count). The molecule has 8 amide bonds. The minimum absolute atomic E-state index is 0.0174. The molecule has 0 aliphatic rings. The normalized spacial score (nSPS) is 11.0. The van der Waals surface area contributed by atoms with Crippen LogP contribution in [-0.4, -0.2) is 142 Å². The number of imidazole rings is 1. The van der Waals surface area contributed by atoms with E-state index < -0.39 is 53.5 Å². The molecule has 76 heavy (non-hydrogen) atoms. The van der Waals surface area contributed by atoms with Gasteiger partial charge < -0.3 is 79.9 Å². The van der Waals surface area contributed by atoms with E-state index in [1.165, 1.54) is 54.8 Å². The average Bonchev–Trinajstić information content (AvgIpc) is 4.20. The first-order chi connectivity index (χ1) is 35.7. The van der Waals surface area contributed by atoms with Gasteiger partial charge in [-0.25, -0.2) is 9.78 Å². The first kappa shape index (κ1) is 57.5. The van der Waals surface area contributed by atoms with Crippen molar-refractivity contribution in [1.82, 2.24) is 53.2 Å². The molecule has 6 heterocycles. The first-order valence-corrected chi connectivity index (χ1v) is 22.8. The molecule has 0 aliphatic carbocycles. The van der Waals surface area contributed by atoms with Crippen LogP contribution >= 0.6 is 0 Å². The van der Waals surface area contributed by atoms with Crippen molar-refractivity contribution in [2.45, 2.75) is 19.0 Å². The second kappa shape index (κ2) is 25.0. The van der Waals surface area contributed by atoms with Crippen LogP contribution in [0.15, 0.2) is 73.7 Å². The highest BCUT2D eigenvalue weighted by Gasteiger charge is 2.38. The third-order valence-electron chi connectivity index (χ3n) is 10.9. The molecular formula is C47H57F3N16O10. The number of aromatic nitrogens is 7.